The number of pyridine rings is 1. The number of anilines is 6. The van der Waals surface area contributed by atoms with Gasteiger partial charge in [-0.25, -0.2) is 0 Å². The largest absolute Gasteiger partial charge is 0.310 e. The van der Waals surface area contributed by atoms with E-state index < -0.39 is 0 Å². The highest BCUT2D eigenvalue weighted by molar-refractivity contribution is 5.92. The summed E-state index contributed by atoms with van der Waals surface area (Å²) in [6.45, 7) is 9.46. The lowest BCUT2D eigenvalue weighted by Gasteiger charge is -2.42. The summed E-state index contributed by atoms with van der Waals surface area (Å²) in [6.07, 6.45) is 13.3. The van der Waals surface area contributed by atoms with Gasteiger partial charge in [0.15, 0.2) is 0 Å². The summed E-state index contributed by atoms with van der Waals surface area (Å²) in [5.74, 6) is 0. The van der Waals surface area contributed by atoms with Crippen molar-refractivity contribution in [1.82, 2.24) is 4.98 Å². The zero-order valence-electron chi connectivity index (χ0n) is 32.5. The fraction of sp³-hybridized carbons (Fsp3) is 0.151. The van der Waals surface area contributed by atoms with E-state index in [1.807, 2.05) is 6.20 Å². The molecule has 0 bridgehead atoms. The van der Waals surface area contributed by atoms with Crippen LogP contribution in [-0.4, -0.2) is 4.98 Å². The second-order valence-corrected chi connectivity index (χ2v) is 16.4. The Bertz CT molecular complexity index is 2750. The Balaban J connectivity index is 0.974. The lowest BCUT2D eigenvalue weighted by molar-refractivity contribution is 0.607. The first-order valence-corrected chi connectivity index (χ1v) is 19.8. The van der Waals surface area contributed by atoms with Crippen LogP contribution in [0.1, 0.15) is 73.9 Å². The van der Waals surface area contributed by atoms with Gasteiger partial charge < -0.3 is 9.80 Å². The maximum atomic E-state index is 5.02. The number of benzene rings is 6. The molecule has 0 fully saturated rings. The lowest BCUT2D eigenvalue weighted by Crippen LogP contribution is -2.30. The smallest absolute Gasteiger partial charge is 0.0723 e. The van der Waals surface area contributed by atoms with Gasteiger partial charge in [0.25, 0.3) is 0 Å². The van der Waals surface area contributed by atoms with E-state index in [9.17, 15) is 0 Å². The summed E-state index contributed by atoms with van der Waals surface area (Å²) in [6, 6.07) is 53.0. The molecular weight excluding hydrogens is 679 g/mol. The third kappa shape index (κ3) is 5.53. The Morgan fingerprint density at radius 2 is 1.30 bits per heavy atom. The van der Waals surface area contributed by atoms with Crippen LogP contribution in [0.2, 0.25) is 0 Å². The Kier molecular flexibility index (Phi) is 7.97. The van der Waals surface area contributed by atoms with Crippen molar-refractivity contribution >= 4 is 62.8 Å². The van der Waals surface area contributed by atoms with Crippen molar-refractivity contribution in [2.45, 2.75) is 51.4 Å². The van der Waals surface area contributed by atoms with Crippen molar-refractivity contribution in [3.05, 3.63) is 203 Å². The number of hydrogen-bond acceptors (Lipinski definition) is 3. The Morgan fingerprint density at radius 1 is 0.589 bits per heavy atom. The van der Waals surface area contributed by atoms with E-state index in [1.165, 1.54) is 50.5 Å². The summed E-state index contributed by atoms with van der Waals surface area (Å²) in [7, 11) is 0. The molecule has 56 heavy (non-hydrogen) atoms. The maximum Gasteiger partial charge on any atom is 0.0723 e. The molecule has 3 aliphatic rings. The van der Waals surface area contributed by atoms with Crippen LogP contribution in [-0.2, 0) is 10.8 Å². The summed E-state index contributed by atoms with van der Waals surface area (Å²) >= 11 is 0. The van der Waals surface area contributed by atoms with Crippen molar-refractivity contribution in [2.75, 3.05) is 9.80 Å². The number of nitrogens with zero attached hydrogens (tertiary/aromatic N) is 3. The number of allylic oxidation sites excluding steroid dienone is 4. The van der Waals surface area contributed by atoms with Crippen molar-refractivity contribution in [2.24, 2.45) is 0 Å². The van der Waals surface area contributed by atoms with Gasteiger partial charge in [-0.05, 0) is 125 Å². The van der Waals surface area contributed by atoms with Gasteiger partial charge in [-0.15, -0.1) is 0 Å². The van der Waals surface area contributed by atoms with E-state index in [1.54, 1.807) is 5.57 Å². The average molecular weight is 724 g/mol. The van der Waals surface area contributed by atoms with E-state index in [2.05, 4.69) is 207 Å². The molecule has 10 rings (SSSR count). The summed E-state index contributed by atoms with van der Waals surface area (Å²) < 4.78 is 0. The van der Waals surface area contributed by atoms with Gasteiger partial charge in [0.1, 0.15) is 0 Å². The van der Waals surface area contributed by atoms with E-state index in [-0.39, 0.29) is 10.8 Å². The SMILES string of the molecule is CC1(C)C2=C(C=CCC2)c2ccc(N(c3ccccc3)c3ccc4cc(/C=C/c5ccc6c(c5)C(C)(C)c5ccccc5N6c5ccccc5)cnc4c3)cc21. The van der Waals surface area contributed by atoms with Crippen LogP contribution in [0.25, 0.3) is 28.6 Å². The summed E-state index contributed by atoms with van der Waals surface area (Å²) in [5.41, 5.74) is 18.5. The molecule has 0 amide bonds. The van der Waals surface area contributed by atoms with Crippen molar-refractivity contribution in [3.8, 4) is 0 Å². The Labute approximate surface area is 330 Å². The minimum absolute atomic E-state index is 0.00585. The van der Waals surface area contributed by atoms with Gasteiger partial charge in [-0.2, -0.15) is 0 Å². The molecule has 0 spiro atoms. The van der Waals surface area contributed by atoms with Gasteiger partial charge in [-0.3, -0.25) is 4.98 Å². The molecule has 0 unspecified atom stereocenters. The molecule has 0 radical (unpaired) electrons. The first kappa shape index (κ1) is 34.1. The third-order valence-corrected chi connectivity index (χ3v) is 12.3. The minimum atomic E-state index is -0.152. The van der Waals surface area contributed by atoms with Crippen molar-refractivity contribution < 1.29 is 0 Å². The second-order valence-electron chi connectivity index (χ2n) is 16.4. The Hall–Kier alpha value is -6.45. The van der Waals surface area contributed by atoms with E-state index >= 15 is 0 Å². The monoisotopic (exact) mass is 723 g/mol. The van der Waals surface area contributed by atoms with Crippen LogP contribution >= 0.6 is 0 Å². The maximum absolute atomic E-state index is 5.02. The molecule has 7 aromatic rings. The van der Waals surface area contributed by atoms with Crippen LogP contribution < -0.4 is 9.80 Å². The molecule has 0 N–H and O–H groups in total. The summed E-state index contributed by atoms with van der Waals surface area (Å²) in [5, 5.41) is 1.12. The molecule has 3 heteroatoms. The van der Waals surface area contributed by atoms with E-state index in [0.29, 0.717) is 0 Å². The van der Waals surface area contributed by atoms with Gasteiger partial charge in [-0.1, -0.05) is 130 Å². The van der Waals surface area contributed by atoms with Crippen LogP contribution in [0, 0.1) is 0 Å². The number of fused-ring (bicyclic) bond motifs is 5. The van der Waals surface area contributed by atoms with Gasteiger partial charge in [0.2, 0.25) is 0 Å². The highest BCUT2D eigenvalue weighted by atomic mass is 15.2. The van der Waals surface area contributed by atoms with Crippen LogP contribution in [0.3, 0.4) is 0 Å². The Morgan fingerprint density at radius 3 is 2.14 bits per heavy atom. The zero-order valence-corrected chi connectivity index (χ0v) is 32.5. The van der Waals surface area contributed by atoms with Gasteiger partial charge >= 0.3 is 0 Å². The number of hydrogen-bond donors (Lipinski definition) is 0. The second kappa shape index (κ2) is 13.1. The fourth-order valence-corrected chi connectivity index (χ4v) is 9.41. The zero-order chi connectivity index (χ0) is 38.0. The topological polar surface area (TPSA) is 19.4 Å². The van der Waals surface area contributed by atoms with E-state index in [4.69, 9.17) is 4.98 Å². The standard InChI is InChI=1S/C53H45N3/c1-52(2)45-20-12-11-19-43(45)44-29-28-41(33-47(44)52)55(39-15-7-5-8-16-39)42-27-26-38-31-37(35-54-49(38)34-42)24-23-36-25-30-51-48(32-36)53(3,4)46-21-13-14-22-50(46)56(51)40-17-9-6-10-18-40/h5-11,13-19,21-35H,12,20H2,1-4H3/b24-23+. The number of aromatic nitrogens is 1. The molecule has 272 valence electrons. The highest BCUT2D eigenvalue weighted by Gasteiger charge is 2.38. The van der Waals surface area contributed by atoms with Crippen LogP contribution in [0.5, 0.6) is 0 Å². The third-order valence-electron chi connectivity index (χ3n) is 12.3. The molecule has 1 aromatic heterocycles. The average Bonchev–Trinajstić information content (AvgIpc) is 3.46. The van der Waals surface area contributed by atoms with Crippen LogP contribution in [0.15, 0.2) is 170 Å². The molecule has 0 saturated heterocycles. The predicted molar refractivity (Wildman–Crippen MR) is 237 cm³/mol. The first-order valence-electron chi connectivity index (χ1n) is 19.8. The van der Waals surface area contributed by atoms with Crippen molar-refractivity contribution in [1.29, 1.82) is 0 Å². The fourth-order valence-electron chi connectivity index (χ4n) is 9.41. The molecule has 0 saturated carbocycles. The number of para-hydroxylation sites is 3. The molecular formula is C53H45N3. The predicted octanol–water partition coefficient (Wildman–Crippen LogP) is 14.4. The first-order chi connectivity index (χ1) is 27.3. The number of rotatable bonds is 6. The van der Waals surface area contributed by atoms with Gasteiger partial charge in [0.05, 0.1) is 16.9 Å². The van der Waals surface area contributed by atoms with Gasteiger partial charge in [0, 0.05) is 45.2 Å². The molecule has 2 aliphatic carbocycles. The molecule has 2 heterocycles. The van der Waals surface area contributed by atoms with Crippen LogP contribution in [0.4, 0.5) is 34.1 Å². The van der Waals surface area contributed by atoms with E-state index in [0.717, 1.165) is 46.4 Å². The molecule has 0 atom stereocenters. The minimum Gasteiger partial charge on any atom is -0.310 e. The highest BCUT2D eigenvalue weighted by Crippen LogP contribution is 2.53. The van der Waals surface area contributed by atoms with Crippen molar-refractivity contribution in [3.63, 3.8) is 0 Å². The molecule has 3 nitrogen and oxygen atoms in total. The molecule has 6 aromatic carbocycles. The summed E-state index contributed by atoms with van der Waals surface area (Å²) in [4.78, 5) is 9.78. The lowest BCUT2D eigenvalue weighted by atomic mass is 9.73. The normalized spacial score (nSPS) is 16.1. The molecule has 1 aliphatic heterocycles. The quantitative estimate of drug-likeness (QED) is 0.170.